The zero-order valence-electron chi connectivity index (χ0n) is 6.45. The molecule has 0 nitrogen and oxygen atoms in total. The molecule has 11 valence electrons. The Morgan fingerprint density at radius 3 is 1.25 bits per heavy atom. The van der Waals surface area contributed by atoms with E-state index in [1.54, 1.807) is 0 Å². The van der Waals surface area contributed by atoms with E-state index in [0.717, 1.165) is 0 Å². The van der Waals surface area contributed by atoms with Gasteiger partial charge in [0, 0.05) is 24.4 Å². The first-order chi connectivity index (χ1) is 0. The predicted octanol–water partition coefficient (Wildman–Crippen LogP) is -9.03. The van der Waals surface area contributed by atoms with E-state index in [1.165, 1.54) is 0 Å². The van der Waals surface area contributed by atoms with Gasteiger partial charge in [-0.3, -0.25) is 0 Å². The van der Waals surface area contributed by atoms with Gasteiger partial charge in [-0.25, -0.2) is 0 Å². The fraction of sp³-hybridized carbons (Fsp3) is 0. The average molecular weight is 382 g/mol. The van der Waals surface area contributed by atoms with Crippen LogP contribution >= 0.6 is 0 Å². The summed E-state index contributed by atoms with van der Waals surface area (Å²) in [7, 11) is 0. The Labute approximate surface area is 199 Å². The summed E-state index contributed by atoms with van der Waals surface area (Å²) in [5, 5.41) is 0. The number of hydrogen-bond donors (Lipinski definition) is 0. The van der Waals surface area contributed by atoms with Gasteiger partial charge in [-0.15, -0.1) is 0 Å². The molecule has 0 aliphatic rings. The van der Waals surface area contributed by atoms with E-state index >= 15 is 0 Å². The van der Waals surface area contributed by atoms with Crippen LogP contribution in [0.4, 0.5) is 0 Å². The molecule has 0 unspecified atom stereocenters. The van der Waals surface area contributed by atoms with Gasteiger partial charge >= 0.3 is 178 Å². The predicted molar refractivity (Wildman–Crippen MR) is 9.09 cm³/mol. The van der Waals surface area contributed by atoms with Gasteiger partial charge in [0.25, 0.3) is 0 Å². The number of hydrogen-bond acceptors (Lipinski definition) is 0. The van der Waals surface area contributed by atoms with Crippen molar-refractivity contribution in [2.45, 2.75) is 0 Å². The maximum atomic E-state index is 0. The maximum Gasteiger partial charge on any atom is 1.00 e. The molecule has 0 aliphatic heterocycles. The molecule has 0 saturated carbocycles. The van der Waals surface area contributed by atoms with Crippen molar-refractivity contribution in [3.05, 3.63) is 0 Å². The molecule has 0 atom stereocenters. The fourth-order valence-corrected chi connectivity index (χ4v) is 0. The van der Waals surface area contributed by atoms with Crippen molar-refractivity contribution in [1.82, 2.24) is 0 Å². The Hall–Kier alpha value is 6.31. The molecule has 0 rings (SSSR count). The van der Waals surface area contributed by atoms with Crippen LogP contribution in [0.1, 0.15) is 4.28 Å². The van der Waals surface area contributed by atoms with E-state index in [-0.39, 0.29) is 207 Å². The maximum absolute atomic E-state index is 0. The molecular weight excluding hydrogens is 379 g/mol. The third-order valence-corrected chi connectivity index (χ3v) is 0. The summed E-state index contributed by atoms with van der Waals surface area (Å²) in [5.41, 5.74) is 0. The molecule has 0 saturated heterocycles. The fourth-order valence-electron chi connectivity index (χ4n) is 0. The largest absolute Gasteiger partial charge is 1.00 e. The zero-order valence-corrected chi connectivity index (χ0v) is 20.3. The van der Waals surface area contributed by atoms with E-state index in [4.69, 9.17) is 0 Å². The molecule has 0 bridgehead atoms. The molecule has 4 heavy (non-hydrogen) atoms. The molecule has 0 N–H and O–H groups in total. The molecule has 0 heterocycles. The van der Waals surface area contributed by atoms with Crippen LogP contribution in [0, 0.1) is 0 Å². The Morgan fingerprint density at radius 1 is 1.25 bits per heavy atom. The van der Waals surface area contributed by atoms with E-state index < -0.39 is 0 Å². The van der Waals surface area contributed by atoms with Crippen LogP contribution in [0.25, 0.3) is 0 Å². The first-order valence-corrected chi connectivity index (χ1v) is 0. The second-order valence-electron chi connectivity index (χ2n) is 0. The zero-order chi connectivity index (χ0) is 0. The Balaban J connectivity index is 0. The summed E-state index contributed by atoms with van der Waals surface area (Å²) < 4.78 is 0. The summed E-state index contributed by atoms with van der Waals surface area (Å²) in [6.45, 7) is 0. The molecule has 0 amide bonds. The van der Waals surface area contributed by atoms with E-state index in [9.17, 15) is 0 Å². The normalized spacial score (nSPS) is 0. The topological polar surface area (TPSA) is 0 Å². The van der Waals surface area contributed by atoms with Crippen LogP contribution in [-0.2, 0) is 0 Å². The quantitative estimate of drug-likeness (QED) is 0.365. The molecule has 0 aromatic heterocycles. The summed E-state index contributed by atoms with van der Waals surface area (Å²) in [6.07, 6.45) is 0. The molecule has 0 aromatic carbocycles. The van der Waals surface area contributed by atoms with Gasteiger partial charge in [0.1, 0.15) is 0 Å². The number of rotatable bonds is 0. The minimum atomic E-state index is 0. The average Bonchev–Trinajstić information content (AvgIpc) is 0. The first kappa shape index (κ1) is 22.4. The third-order valence-electron chi connectivity index (χ3n) is 0. The van der Waals surface area contributed by atoms with Gasteiger partial charge in [-0.05, 0) is 0 Å². The van der Waals surface area contributed by atoms with Gasteiger partial charge in [-0.2, -0.15) is 0 Å². The van der Waals surface area contributed by atoms with Crippen molar-refractivity contribution >= 4 is 24.4 Å². The molecule has 0 spiro atoms. The molecule has 3 radical (unpaired) electrons. The molecule has 0 aliphatic carbocycles. The summed E-state index contributed by atoms with van der Waals surface area (Å²) >= 11 is 0. The summed E-state index contributed by atoms with van der Waals surface area (Å²) in [6, 6.07) is 0. The van der Waals surface area contributed by atoms with Crippen molar-refractivity contribution in [3.63, 3.8) is 0 Å². The van der Waals surface area contributed by atoms with Crippen LogP contribution in [0.5, 0.6) is 0 Å². The van der Waals surface area contributed by atoms with Crippen molar-refractivity contribution in [3.8, 4) is 0 Å². The minimum Gasteiger partial charge on any atom is -1.00 e. The van der Waals surface area contributed by atoms with Crippen LogP contribution in [0.3, 0.4) is 0 Å². The van der Waals surface area contributed by atoms with Crippen LogP contribution < -0.4 is 178 Å². The van der Waals surface area contributed by atoms with Crippen molar-refractivity contribution in [2.75, 3.05) is 0 Å². The second-order valence-corrected chi connectivity index (χ2v) is 0. The van der Waals surface area contributed by atoms with Gasteiger partial charge in [0.2, 0.25) is 0 Å². The smallest absolute Gasteiger partial charge is 1.00 e. The van der Waals surface area contributed by atoms with Gasteiger partial charge in [0.15, 0.2) is 0 Å². The molecular formula is H3CsKRbSb. The van der Waals surface area contributed by atoms with E-state index in [1.807, 2.05) is 0 Å². The van der Waals surface area contributed by atoms with E-state index in [0.29, 0.717) is 0 Å². The minimum absolute atomic E-state index is 0. The third kappa shape index (κ3) is 11.2. The first-order valence-electron chi connectivity index (χ1n) is 0. The van der Waals surface area contributed by atoms with Crippen LogP contribution in [-0.4, -0.2) is 24.4 Å². The van der Waals surface area contributed by atoms with Gasteiger partial charge in [0.05, 0.1) is 0 Å². The molecule has 0 fully saturated rings. The van der Waals surface area contributed by atoms with Crippen molar-refractivity contribution in [2.24, 2.45) is 0 Å². The summed E-state index contributed by atoms with van der Waals surface area (Å²) in [5.74, 6) is 0. The van der Waals surface area contributed by atoms with Crippen molar-refractivity contribution in [1.29, 1.82) is 0 Å². The second kappa shape index (κ2) is 16.1. The Bertz CT molecular complexity index is 14.9. The Kier molecular flexibility index (Phi) is 90.6. The summed E-state index contributed by atoms with van der Waals surface area (Å²) in [4.78, 5) is 0. The van der Waals surface area contributed by atoms with Crippen molar-refractivity contribution < 1.29 is 183 Å². The Morgan fingerprint density at radius 2 is 1.25 bits per heavy atom. The molecule has 0 aromatic rings. The molecule has 4 heteroatoms. The standard InChI is InChI=1S/Cs.K.Rb.Sb.3H/q3*+1;;3*-1. The van der Waals surface area contributed by atoms with Crippen LogP contribution in [0.15, 0.2) is 0 Å². The van der Waals surface area contributed by atoms with E-state index in [2.05, 4.69) is 0 Å². The SMILES string of the molecule is [Cs+].[H-].[H-].[H-].[K+].[Rb+].[Sb]. The monoisotopic (exact) mass is 381 g/mol. The van der Waals surface area contributed by atoms with Crippen LogP contribution in [0.2, 0.25) is 0 Å². The van der Waals surface area contributed by atoms with Gasteiger partial charge < -0.3 is 4.28 Å². The van der Waals surface area contributed by atoms with Gasteiger partial charge in [-0.1, -0.05) is 0 Å².